The molecule has 23 heavy (non-hydrogen) atoms. The summed E-state index contributed by atoms with van der Waals surface area (Å²) < 4.78 is 0. The van der Waals surface area contributed by atoms with Gasteiger partial charge in [0.25, 0.3) is 0 Å². The van der Waals surface area contributed by atoms with Crippen LogP contribution in [0.4, 0.5) is 0 Å². The van der Waals surface area contributed by atoms with Crippen LogP contribution in [0, 0.1) is 23.7 Å². The maximum atomic E-state index is 2.75. The largest absolute Gasteiger partial charge is 0.282 e. The number of hydrogen-bond donors (Lipinski definition) is 0. The third-order valence-corrected chi connectivity index (χ3v) is 6.42. The Morgan fingerprint density at radius 1 is 0.739 bits per heavy atom. The summed E-state index contributed by atoms with van der Waals surface area (Å²) in [7, 11) is 0. The van der Waals surface area contributed by atoms with Gasteiger partial charge in [0.05, 0.1) is 6.67 Å². The van der Waals surface area contributed by atoms with Gasteiger partial charge in [-0.1, -0.05) is 51.0 Å². The number of nitrogens with zero attached hydrogens (tertiary/aromatic N) is 2. The second-order valence-corrected chi connectivity index (χ2v) is 8.86. The highest BCUT2D eigenvalue weighted by atomic mass is 15.4. The van der Waals surface area contributed by atoms with Gasteiger partial charge in [-0.05, 0) is 50.4 Å². The molecule has 0 amide bonds. The quantitative estimate of drug-likeness (QED) is 0.690. The molecule has 2 nitrogen and oxygen atoms in total. The van der Waals surface area contributed by atoms with Crippen LogP contribution < -0.4 is 0 Å². The molecule has 0 aromatic heterocycles. The molecule has 1 fully saturated rings. The van der Waals surface area contributed by atoms with E-state index in [1.165, 1.54) is 25.9 Å². The maximum Gasteiger partial charge on any atom is 0.0518 e. The molecule has 0 aromatic carbocycles. The van der Waals surface area contributed by atoms with E-state index in [0.717, 1.165) is 30.3 Å². The fourth-order valence-electron chi connectivity index (χ4n) is 5.94. The lowest BCUT2D eigenvalue weighted by Crippen LogP contribution is -2.46. The van der Waals surface area contributed by atoms with Gasteiger partial charge in [0, 0.05) is 25.2 Å². The van der Waals surface area contributed by atoms with Crippen molar-refractivity contribution in [2.75, 3.05) is 19.8 Å². The zero-order valence-corrected chi connectivity index (χ0v) is 16.0. The zero-order valence-electron chi connectivity index (χ0n) is 16.0. The molecule has 0 radical (unpaired) electrons. The summed E-state index contributed by atoms with van der Waals surface area (Å²) in [6.07, 6.45) is 7.72. The van der Waals surface area contributed by atoms with Gasteiger partial charge in [-0.2, -0.15) is 0 Å². The molecule has 0 aromatic rings. The fraction of sp³-hybridized carbons (Fsp3) is 0.810. The minimum Gasteiger partial charge on any atom is -0.282 e. The van der Waals surface area contributed by atoms with Crippen LogP contribution in [-0.2, 0) is 0 Å². The van der Waals surface area contributed by atoms with E-state index in [1.54, 1.807) is 11.1 Å². The monoisotopic (exact) mass is 316 g/mol. The van der Waals surface area contributed by atoms with Crippen LogP contribution in [0.15, 0.2) is 23.3 Å². The van der Waals surface area contributed by atoms with E-state index in [9.17, 15) is 0 Å². The highest BCUT2D eigenvalue weighted by Crippen LogP contribution is 2.36. The molecule has 2 heteroatoms. The molecule has 6 atom stereocenters. The summed E-state index contributed by atoms with van der Waals surface area (Å²) in [6.45, 7) is 18.0. The summed E-state index contributed by atoms with van der Waals surface area (Å²) in [4.78, 5) is 5.50. The predicted octanol–water partition coefficient (Wildman–Crippen LogP) is 4.54. The van der Waals surface area contributed by atoms with Gasteiger partial charge in [0.1, 0.15) is 0 Å². The summed E-state index contributed by atoms with van der Waals surface area (Å²) >= 11 is 0. The molecule has 0 bridgehead atoms. The Balaban J connectivity index is 1.71. The molecule has 2 unspecified atom stereocenters. The lowest BCUT2D eigenvalue weighted by atomic mass is 9.80. The van der Waals surface area contributed by atoms with E-state index >= 15 is 0 Å². The Morgan fingerprint density at radius 3 is 1.48 bits per heavy atom. The van der Waals surface area contributed by atoms with Crippen molar-refractivity contribution in [3.8, 4) is 0 Å². The Kier molecular flexibility index (Phi) is 5.04. The van der Waals surface area contributed by atoms with Crippen molar-refractivity contribution in [3.05, 3.63) is 23.3 Å². The van der Waals surface area contributed by atoms with Crippen molar-refractivity contribution in [2.45, 2.75) is 66.5 Å². The lowest BCUT2D eigenvalue weighted by Gasteiger charge is -2.41. The summed E-state index contributed by atoms with van der Waals surface area (Å²) in [6, 6.07) is 1.33. The molecule has 1 saturated heterocycles. The van der Waals surface area contributed by atoms with E-state index < -0.39 is 0 Å². The molecule has 0 saturated carbocycles. The summed E-state index contributed by atoms with van der Waals surface area (Å²) in [5, 5.41) is 0. The number of hydrogen-bond acceptors (Lipinski definition) is 2. The SMILES string of the molecule is CC1=C[C@H](C)CC(C)[C@@H]1N1CCN([C@H]2C(C)=C[C@@H](C)CC2C)C1. The van der Waals surface area contributed by atoms with E-state index in [1.807, 2.05) is 0 Å². The van der Waals surface area contributed by atoms with E-state index in [-0.39, 0.29) is 0 Å². The van der Waals surface area contributed by atoms with Crippen LogP contribution in [0.3, 0.4) is 0 Å². The highest BCUT2D eigenvalue weighted by molar-refractivity contribution is 5.18. The number of rotatable bonds is 2. The first-order valence-corrected chi connectivity index (χ1v) is 9.71. The second-order valence-electron chi connectivity index (χ2n) is 8.86. The Labute approximate surface area is 143 Å². The first-order valence-electron chi connectivity index (χ1n) is 9.71. The predicted molar refractivity (Wildman–Crippen MR) is 99.3 cm³/mol. The van der Waals surface area contributed by atoms with Crippen LogP contribution in [0.2, 0.25) is 0 Å². The van der Waals surface area contributed by atoms with Crippen LogP contribution in [0.25, 0.3) is 0 Å². The van der Waals surface area contributed by atoms with Crippen LogP contribution in [-0.4, -0.2) is 41.6 Å². The van der Waals surface area contributed by atoms with Crippen LogP contribution in [0.5, 0.6) is 0 Å². The van der Waals surface area contributed by atoms with Gasteiger partial charge >= 0.3 is 0 Å². The normalized spacial score (nSPS) is 43.4. The molecule has 130 valence electrons. The molecule has 1 heterocycles. The molecule has 0 N–H and O–H groups in total. The lowest BCUT2D eigenvalue weighted by molar-refractivity contribution is 0.120. The molecule has 3 aliphatic rings. The molecule has 3 rings (SSSR count). The van der Waals surface area contributed by atoms with Gasteiger partial charge < -0.3 is 0 Å². The molecule has 2 aliphatic carbocycles. The Bertz CT molecular complexity index is 448. The fourth-order valence-corrected chi connectivity index (χ4v) is 5.94. The highest BCUT2D eigenvalue weighted by Gasteiger charge is 2.38. The third kappa shape index (κ3) is 3.44. The molecule has 1 aliphatic heterocycles. The summed E-state index contributed by atoms with van der Waals surface area (Å²) in [5.41, 5.74) is 3.21. The van der Waals surface area contributed by atoms with Crippen molar-refractivity contribution in [1.82, 2.24) is 9.80 Å². The maximum absolute atomic E-state index is 2.75. The average Bonchev–Trinajstić information content (AvgIpc) is 2.85. The van der Waals surface area contributed by atoms with E-state index in [0.29, 0.717) is 12.1 Å². The van der Waals surface area contributed by atoms with E-state index in [4.69, 9.17) is 0 Å². The smallest absolute Gasteiger partial charge is 0.0518 e. The summed E-state index contributed by atoms with van der Waals surface area (Å²) in [5.74, 6) is 3.08. The molecular formula is C21H36N2. The van der Waals surface area contributed by atoms with Crippen molar-refractivity contribution < 1.29 is 0 Å². The zero-order chi connectivity index (χ0) is 16.7. The van der Waals surface area contributed by atoms with Gasteiger partial charge in [0.15, 0.2) is 0 Å². The minimum absolute atomic E-state index is 0.665. The van der Waals surface area contributed by atoms with Crippen molar-refractivity contribution in [1.29, 1.82) is 0 Å². The molecular weight excluding hydrogens is 280 g/mol. The van der Waals surface area contributed by atoms with Crippen LogP contribution in [0.1, 0.15) is 54.4 Å². The number of allylic oxidation sites excluding steroid dienone is 2. The van der Waals surface area contributed by atoms with Crippen molar-refractivity contribution in [2.24, 2.45) is 23.7 Å². The average molecular weight is 317 g/mol. The second kappa shape index (κ2) is 6.72. The Morgan fingerprint density at radius 2 is 1.13 bits per heavy atom. The van der Waals surface area contributed by atoms with Crippen LogP contribution >= 0.6 is 0 Å². The third-order valence-electron chi connectivity index (χ3n) is 6.42. The van der Waals surface area contributed by atoms with Gasteiger partial charge in [-0.15, -0.1) is 0 Å². The first kappa shape index (κ1) is 17.2. The van der Waals surface area contributed by atoms with Crippen molar-refractivity contribution in [3.63, 3.8) is 0 Å². The van der Waals surface area contributed by atoms with Gasteiger partial charge in [0.2, 0.25) is 0 Å². The van der Waals surface area contributed by atoms with Crippen molar-refractivity contribution >= 4 is 0 Å². The standard InChI is InChI=1S/C21H36N2/c1-14-9-16(3)20(17(4)10-14)22-7-8-23(13-22)21-18(5)11-15(2)12-19(21)6/h9,11,14-15,17,19-21H,7-8,10,12-13H2,1-6H3/t14-,15+,17?,19?,20+,21-. The Hall–Kier alpha value is -0.600. The van der Waals surface area contributed by atoms with Gasteiger partial charge in [-0.25, -0.2) is 0 Å². The van der Waals surface area contributed by atoms with Gasteiger partial charge in [-0.3, -0.25) is 9.80 Å². The van der Waals surface area contributed by atoms with E-state index in [2.05, 4.69) is 63.5 Å². The minimum atomic E-state index is 0.665. The first-order chi connectivity index (χ1) is 10.9. The topological polar surface area (TPSA) is 6.48 Å². The molecule has 0 spiro atoms.